The summed E-state index contributed by atoms with van der Waals surface area (Å²) in [6, 6.07) is 13.5. The van der Waals surface area contributed by atoms with E-state index in [1.807, 2.05) is 19.1 Å². The van der Waals surface area contributed by atoms with Crippen molar-refractivity contribution in [3.63, 3.8) is 0 Å². The Morgan fingerprint density at radius 1 is 1.10 bits per heavy atom. The smallest absolute Gasteiger partial charge is 0.253 e. The lowest BCUT2D eigenvalue weighted by atomic mass is 10.1. The second-order valence-corrected chi connectivity index (χ2v) is 9.65. The molecule has 3 aromatic rings. The summed E-state index contributed by atoms with van der Waals surface area (Å²) in [6.07, 6.45) is 2.03. The standard InChI is InChI=1S/C22H23N5O2S2/c1-13-7-10-17(14(2)11-13)25-21-26-27-22(31-21)30-12-19(28)24-18-6-4-3-5-16(18)20(29)23-15-8-9-15/h3-7,10-11,15H,8-9,12H2,1-2H3,(H,23,29)(H,24,28)(H,25,26). The van der Waals surface area contributed by atoms with Crippen LogP contribution in [0.3, 0.4) is 0 Å². The zero-order valence-electron chi connectivity index (χ0n) is 17.3. The molecular weight excluding hydrogens is 430 g/mol. The molecule has 9 heteroatoms. The van der Waals surface area contributed by atoms with Crippen molar-refractivity contribution in [3.05, 3.63) is 59.2 Å². The van der Waals surface area contributed by atoms with Crippen molar-refractivity contribution in [1.82, 2.24) is 15.5 Å². The maximum Gasteiger partial charge on any atom is 0.253 e. The van der Waals surface area contributed by atoms with Crippen LogP contribution in [0, 0.1) is 13.8 Å². The van der Waals surface area contributed by atoms with Crippen LogP contribution in [0.2, 0.25) is 0 Å². The van der Waals surface area contributed by atoms with E-state index in [0.717, 1.165) is 24.1 Å². The zero-order chi connectivity index (χ0) is 21.8. The van der Waals surface area contributed by atoms with Crippen molar-refractivity contribution in [2.45, 2.75) is 37.1 Å². The van der Waals surface area contributed by atoms with Gasteiger partial charge in [-0.15, -0.1) is 10.2 Å². The number of hydrogen-bond donors (Lipinski definition) is 3. The number of amides is 2. The third-order valence-corrected chi connectivity index (χ3v) is 6.69. The van der Waals surface area contributed by atoms with Gasteiger partial charge in [0.25, 0.3) is 5.91 Å². The summed E-state index contributed by atoms with van der Waals surface area (Å²) >= 11 is 2.71. The second-order valence-electron chi connectivity index (χ2n) is 7.45. The highest BCUT2D eigenvalue weighted by atomic mass is 32.2. The molecule has 1 aliphatic rings. The Balaban J connectivity index is 1.32. The lowest BCUT2D eigenvalue weighted by Gasteiger charge is -2.10. The van der Waals surface area contributed by atoms with Gasteiger partial charge in [-0.3, -0.25) is 9.59 Å². The average molecular weight is 454 g/mol. The summed E-state index contributed by atoms with van der Waals surface area (Å²) < 4.78 is 0.696. The minimum Gasteiger partial charge on any atom is -0.349 e. The molecule has 1 aromatic heterocycles. The molecular formula is C22H23N5O2S2. The summed E-state index contributed by atoms with van der Waals surface area (Å²) in [6.45, 7) is 4.10. The number of rotatable bonds is 8. The van der Waals surface area contributed by atoms with Gasteiger partial charge < -0.3 is 16.0 Å². The summed E-state index contributed by atoms with van der Waals surface area (Å²) in [5.74, 6) is -0.176. The molecule has 7 nitrogen and oxygen atoms in total. The molecule has 160 valence electrons. The number of aromatic nitrogens is 2. The molecule has 2 aromatic carbocycles. The highest BCUT2D eigenvalue weighted by Gasteiger charge is 2.25. The summed E-state index contributed by atoms with van der Waals surface area (Å²) in [4.78, 5) is 24.8. The molecule has 0 radical (unpaired) electrons. The number of aryl methyl sites for hydroxylation is 2. The molecule has 1 aliphatic carbocycles. The first-order valence-corrected chi connectivity index (χ1v) is 11.8. The number of carbonyl (C=O) groups excluding carboxylic acids is 2. The quantitative estimate of drug-likeness (QED) is 0.434. The molecule has 0 bridgehead atoms. The van der Waals surface area contributed by atoms with E-state index in [2.05, 4.69) is 39.1 Å². The number of hydrogen-bond acceptors (Lipinski definition) is 7. The van der Waals surface area contributed by atoms with Crippen LogP contribution < -0.4 is 16.0 Å². The lowest BCUT2D eigenvalue weighted by molar-refractivity contribution is -0.113. The highest BCUT2D eigenvalue weighted by Crippen LogP contribution is 2.29. The van der Waals surface area contributed by atoms with Gasteiger partial charge in [0, 0.05) is 11.7 Å². The minimum absolute atomic E-state index is 0.155. The lowest BCUT2D eigenvalue weighted by Crippen LogP contribution is -2.27. The predicted octanol–water partition coefficient (Wildman–Crippen LogP) is 4.52. The number of anilines is 3. The van der Waals surface area contributed by atoms with Crippen LogP contribution >= 0.6 is 23.1 Å². The maximum atomic E-state index is 12.4. The van der Waals surface area contributed by atoms with Gasteiger partial charge in [-0.1, -0.05) is 52.9 Å². The maximum absolute atomic E-state index is 12.4. The Labute approximate surface area is 189 Å². The SMILES string of the molecule is Cc1ccc(Nc2nnc(SCC(=O)Nc3ccccc3C(=O)NC3CC3)s2)c(C)c1. The first-order valence-electron chi connectivity index (χ1n) is 9.98. The topological polar surface area (TPSA) is 96.0 Å². The van der Waals surface area contributed by atoms with Crippen LogP contribution in [0.5, 0.6) is 0 Å². The Morgan fingerprint density at radius 2 is 1.90 bits per heavy atom. The zero-order valence-corrected chi connectivity index (χ0v) is 18.9. The first-order chi connectivity index (χ1) is 15.0. The molecule has 31 heavy (non-hydrogen) atoms. The van der Waals surface area contributed by atoms with Crippen LogP contribution in [0.15, 0.2) is 46.8 Å². The van der Waals surface area contributed by atoms with Crippen LogP contribution in [-0.2, 0) is 4.79 Å². The fraction of sp³-hybridized carbons (Fsp3) is 0.273. The van der Waals surface area contributed by atoms with Crippen molar-refractivity contribution in [1.29, 1.82) is 0 Å². The van der Waals surface area contributed by atoms with Gasteiger partial charge in [0.1, 0.15) is 0 Å². The second kappa shape index (κ2) is 9.49. The van der Waals surface area contributed by atoms with E-state index >= 15 is 0 Å². The molecule has 0 aliphatic heterocycles. The third-order valence-electron chi connectivity index (χ3n) is 4.72. The molecule has 2 amide bonds. The van der Waals surface area contributed by atoms with Crippen LogP contribution in [0.4, 0.5) is 16.5 Å². The van der Waals surface area contributed by atoms with Crippen molar-refractivity contribution < 1.29 is 9.59 Å². The van der Waals surface area contributed by atoms with Gasteiger partial charge >= 0.3 is 0 Å². The number of para-hydroxylation sites is 1. The number of nitrogens with zero attached hydrogens (tertiary/aromatic N) is 2. The normalized spacial score (nSPS) is 13.0. The van der Waals surface area contributed by atoms with Gasteiger partial charge in [-0.05, 0) is 50.5 Å². The van der Waals surface area contributed by atoms with E-state index in [1.165, 1.54) is 28.7 Å². The summed E-state index contributed by atoms with van der Waals surface area (Å²) in [7, 11) is 0. The number of carbonyl (C=O) groups is 2. The molecule has 0 atom stereocenters. The van der Waals surface area contributed by atoms with Gasteiger partial charge in [-0.25, -0.2) is 0 Å². The average Bonchev–Trinajstić information content (AvgIpc) is 3.44. The van der Waals surface area contributed by atoms with Crippen molar-refractivity contribution in [2.24, 2.45) is 0 Å². The van der Waals surface area contributed by atoms with E-state index in [1.54, 1.807) is 24.3 Å². The minimum atomic E-state index is -0.198. The summed E-state index contributed by atoms with van der Waals surface area (Å²) in [5, 5.41) is 18.0. The number of benzene rings is 2. The molecule has 1 fully saturated rings. The Bertz CT molecular complexity index is 1110. The molecule has 0 spiro atoms. The first kappa shape index (κ1) is 21.3. The molecule has 1 heterocycles. The van der Waals surface area contributed by atoms with Gasteiger partial charge in [0.2, 0.25) is 11.0 Å². The predicted molar refractivity (Wildman–Crippen MR) is 125 cm³/mol. The van der Waals surface area contributed by atoms with Crippen LogP contribution in [-0.4, -0.2) is 33.8 Å². The van der Waals surface area contributed by atoms with E-state index in [9.17, 15) is 9.59 Å². The Hall–Kier alpha value is -2.91. The van der Waals surface area contributed by atoms with Gasteiger partial charge in [-0.2, -0.15) is 0 Å². The van der Waals surface area contributed by atoms with E-state index in [-0.39, 0.29) is 23.6 Å². The molecule has 3 N–H and O–H groups in total. The number of thioether (sulfide) groups is 1. The monoisotopic (exact) mass is 453 g/mol. The Morgan fingerprint density at radius 3 is 2.68 bits per heavy atom. The van der Waals surface area contributed by atoms with E-state index in [4.69, 9.17) is 0 Å². The van der Waals surface area contributed by atoms with Crippen molar-refractivity contribution in [2.75, 3.05) is 16.4 Å². The highest BCUT2D eigenvalue weighted by molar-refractivity contribution is 8.01. The van der Waals surface area contributed by atoms with Gasteiger partial charge in [0.15, 0.2) is 4.34 Å². The third kappa shape index (κ3) is 5.83. The molecule has 0 saturated heterocycles. The largest absolute Gasteiger partial charge is 0.349 e. The Kier molecular flexibility index (Phi) is 6.53. The molecule has 1 saturated carbocycles. The van der Waals surface area contributed by atoms with E-state index in [0.29, 0.717) is 20.7 Å². The fourth-order valence-electron chi connectivity index (χ4n) is 2.98. The molecule has 0 unspecified atom stereocenters. The fourth-order valence-corrected chi connectivity index (χ4v) is 4.55. The van der Waals surface area contributed by atoms with Crippen LogP contribution in [0.25, 0.3) is 0 Å². The van der Waals surface area contributed by atoms with Crippen molar-refractivity contribution in [3.8, 4) is 0 Å². The van der Waals surface area contributed by atoms with Crippen molar-refractivity contribution >= 4 is 51.4 Å². The number of nitrogens with one attached hydrogen (secondary N) is 3. The van der Waals surface area contributed by atoms with Gasteiger partial charge in [0.05, 0.1) is 17.0 Å². The van der Waals surface area contributed by atoms with Crippen LogP contribution in [0.1, 0.15) is 34.3 Å². The molecule has 4 rings (SSSR count). The summed E-state index contributed by atoms with van der Waals surface area (Å²) in [5.41, 5.74) is 4.31. The van der Waals surface area contributed by atoms with E-state index < -0.39 is 0 Å².